The summed E-state index contributed by atoms with van der Waals surface area (Å²) in [5.41, 5.74) is 10.1. The molecule has 0 saturated carbocycles. The third kappa shape index (κ3) is 3.60. The van der Waals surface area contributed by atoms with Gasteiger partial charge in [-0.2, -0.15) is 0 Å². The average Bonchev–Trinajstić information content (AvgIpc) is 2.59. The lowest BCUT2D eigenvalue weighted by Gasteiger charge is -2.13. The molecule has 6 heteroatoms. The van der Waals surface area contributed by atoms with Gasteiger partial charge in [-0.25, -0.2) is 15.0 Å². The van der Waals surface area contributed by atoms with E-state index >= 15 is 0 Å². The minimum Gasteiger partial charge on any atom is -0.393 e. The van der Waals surface area contributed by atoms with E-state index < -0.39 is 0 Å². The van der Waals surface area contributed by atoms with E-state index in [4.69, 9.17) is 5.73 Å². The summed E-state index contributed by atoms with van der Waals surface area (Å²) >= 11 is 0. The number of nitrogens with zero attached hydrogens (tertiary/aromatic N) is 3. The third-order valence-electron chi connectivity index (χ3n) is 3.71. The average molecular weight is 320 g/mol. The fraction of sp³-hybridized carbons (Fsp3) is 0.167. The summed E-state index contributed by atoms with van der Waals surface area (Å²) in [6.07, 6.45) is 3.21. The van der Waals surface area contributed by atoms with Crippen molar-refractivity contribution < 1.29 is 0 Å². The number of anilines is 4. The molecular weight excluding hydrogens is 300 g/mol. The molecule has 0 atom stereocenters. The van der Waals surface area contributed by atoms with Crippen molar-refractivity contribution >= 4 is 23.1 Å². The Bertz CT molecular complexity index is 829. The van der Waals surface area contributed by atoms with Gasteiger partial charge in [0.25, 0.3) is 0 Å². The van der Waals surface area contributed by atoms with Crippen molar-refractivity contribution in [2.45, 2.75) is 20.4 Å². The summed E-state index contributed by atoms with van der Waals surface area (Å²) < 4.78 is 0. The highest BCUT2D eigenvalue weighted by Crippen LogP contribution is 2.26. The van der Waals surface area contributed by atoms with Crippen LogP contribution in [0.2, 0.25) is 0 Å². The number of rotatable bonds is 5. The van der Waals surface area contributed by atoms with Gasteiger partial charge in [0.2, 0.25) is 0 Å². The van der Waals surface area contributed by atoms with E-state index in [0.717, 1.165) is 16.9 Å². The number of nitrogen functional groups attached to an aromatic ring is 1. The van der Waals surface area contributed by atoms with Crippen molar-refractivity contribution in [1.29, 1.82) is 0 Å². The van der Waals surface area contributed by atoms with Gasteiger partial charge >= 0.3 is 0 Å². The van der Waals surface area contributed by atoms with Crippen LogP contribution in [0.25, 0.3) is 0 Å². The van der Waals surface area contributed by atoms with Gasteiger partial charge in [-0.05, 0) is 31.0 Å². The molecule has 0 spiro atoms. The number of aromatic nitrogens is 3. The summed E-state index contributed by atoms with van der Waals surface area (Å²) in [5, 5.41) is 6.41. The summed E-state index contributed by atoms with van der Waals surface area (Å²) in [6, 6.07) is 12.2. The van der Waals surface area contributed by atoms with Crippen LogP contribution in [-0.2, 0) is 6.54 Å². The zero-order valence-corrected chi connectivity index (χ0v) is 13.7. The molecule has 2 aromatic heterocycles. The van der Waals surface area contributed by atoms with Crippen LogP contribution >= 0.6 is 0 Å². The standard InChI is InChI=1S/C18H20N6/c1-12-5-7-14(8-6-12)10-21-17-15(19)18(23-11-22-17)24-16-13(2)4-3-9-20-16/h3-9,11H,10,19H2,1-2H3,(H2,20,21,22,23,24). The lowest BCUT2D eigenvalue weighted by molar-refractivity contribution is 1.08. The van der Waals surface area contributed by atoms with Gasteiger partial charge in [-0.15, -0.1) is 0 Å². The molecule has 122 valence electrons. The van der Waals surface area contributed by atoms with E-state index in [9.17, 15) is 0 Å². The van der Waals surface area contributed by atoms with E-state index in [1.54, 1.807) is 6.20 Å². The molecule has 0 unspecified atom stereocenters. The van der Waals surface area contributed by atoms with Crippen LogP contribution in [0.15, 0.2) is 48.9 Å². The number of hydrogen-bond acceptors (Lipinski definition) is 6. The normalized spacial score (nSPS) is 10.4. The van der Waals surface area contributed by atoms with Gasteiger partial charge < -0.3 is 16.4 Å². The van der Waals surface area contributed by atoms with Gasteiger partial charge in [-0.1, -0.05) is 35.9 Å². The van der Waals surface area contributed by atoms with E-state index in [-0.39, 0.29) is 0 Å². The van der Waals surface area contributed by atoms with Gasteiger partial charge in [0, 0.05) is 12.7 Å². The molecule has 24 heavy (non-hydrogen) atoms. The number of nitrogens with one attached hydrogen (secondary N) is 2. The summed E-state index contributed by atoms with van der Waals surface area (Å²) in [5.74, 6) is 1.87. The zero-order valence-electron chi connectivity index (χ0n) is 13.7. The Hall–Kier alpha value is -3.15. The summed E-state index contributed by atoms with van der Waals surface area (Å²) in [6.45, 7) is 4.68. The van der Waals surface area contributed by atoms with Crippen molar-refractivity contribution in [2.75, 3.05) is 16.4 Å². The maximum absolute atomic E-state index is 6.19. The Balaban J connectivity index is 1.75. The molecule has 0 aliphatic heterocycles. The maximum atomic E-state index is 6.19. The van der Waals surface area contributed by atoms with Gasteiger partial charge in [0.05, 0.1) is 0 Å². The van der Waals surface area contributed by atoms with Crippen molar-refractivity contribution in [3.05, 3.63) is 65.6 Å². The molecule has 6 nitrogen and oxygen atoms in total. The first-order valence-corrected chi connectivity index (χ1v) is 7.72. The molecule has 0 radical (unpaired) electrons. The smallest absolute Gasteiger partial charge is 0.160 e. The van der Waals surface area contributed by atoms with E-state index in [1.807, 2.05) is 19.1 Å². The molecule has 3 aromatic rings. The topological polar surface area (TPSA) is 88.8 Å². The summed E-state index contributed by atoms with van der Waals surface area (Å²) in [7, 11) is 0. The van der Waals surface area contributed by atoms with E-state index in [1.165, 1.54) is 11.9 Å². The molecule has 1 aromatic carbocycles. The Morgan fingerprint density at radius 3 is 2.42 bits per heavy atom. The van der Waals surface area contributed by atoms with Crippen molar-refractivity contribution in [1.82, 2.24) is 15.0 Å². The number of nitrogens with two attached hydrogens (primary N) is 1. The predicted molar refractivity (Wildman–Crippen MR) is 97.2 cm³/mol. The molecule has 0 amide bonds. The van der Waals surface area contributed by atoms with Gasteiger partial charge in [0.15, 0.2) is 11.6 Å². The first-order valence-electron chi connectivity index (χ1n) is 7.72. The molecular formula is C18H20N6. The molecule has 2 heterocycles. The number of aryl methyl sites for hydroxylation is 2. The molecule has 4 N–H and O–H groups in total. The molecule has 0 saturated heterocycles. The molecule has 0 fully saturated rings. The molecule has 0 aliphatic rings. The highest BCUT2D eigenvalue weighted by atomic mass is 15.1. The van der Waals surface area contributed by atoms with Gasteiger partial charge in [-0.3, -0.25) is 0 Å². The largest absolute Gasteiger partial charge is 0.393 e. The second-order valence-corrected chi connectivity index (χ2v) is 5.62. The summed E-state index contributed by atoms with van der Waals surface area (Å²) in [4.78, 5) is 12.7. The Morgan fingerprint density at radius 1 is 0.917 bits per heavy atom. The Labute approximate surface area is 141 Å². The lowest BCUT2D eigenvalue weighted by atomic mass is 10.1. The highest BCUT2D eigenvalue weighted by Gasteiger charge is 2.09. The van der Waals surface area contributed by atoms with Crippen LogP contribution < -0.4 is 16.4 Å². The second kappa shape index (κ2) is 6.95. The third-order valence-corrected chi connectivity index (χ3v) is 3.71. The van der Waals surface area contributed by atoms with Crippen LogP contribution in [0.5, 0.6) is 0 Å². The molecule has 0 aliphatic carbocycles. The lowest BCUT2D eigenvalue weighted by Crippen LogP contribution is -2.08. The quantitative estimate of drug-likeness (QED) is 0.667. The number of hydrogen-bond donors (Lipinski definition) is 3. The second-order valence-electron chi connectivity index (χ2n) is 5.62. The Kier molecular flexibility index (Phi) is 4.56. The number of pyridine rings is 1. The van der Waals surface area contributed by atoms with Crippen molar-refractivity contribution in [3.63, 3.8) is 0 Å². The fourth-order valence-electron chi connectivity index (χ4n) is 2.26. The maximum Gasteiger partial charge on any atom is 0.160 e. The van der Waals surface area contributed by atoms with Crippen LogP contribution in [0.3, 0.4) is 0 Å². The van der Waals surface area contributed by atoms with Crippen LogP contribution in [0, 0.1) is 13.8 Å². The molecule has 0 bridgehead atoms. The van der Waals surface area contributed by atoms with Crippen LogP contribution in [0.4, 0.5) is 23.1 Å². The zero-order chi connectivity index (χ0) is 16.9. The first-order chi connectivity index (χ1) is 11.6. The Morgan fingerprint density at radius 2 is 1.67 bits per heavy atom. The number of benzene rings is 1. The monoisotopic (exact) mass is 320 g/mol. The van der Waals surface area contributed by atoms with Crippen LogP contribution in [-0.4, -0.2) is 15.0 Å². The molecule has 3 rings (SSSR count). The van der Waals surface area contributed by atoms with Crippen molar-refractivity contribution in [3.8, 4) is 0 Å². The SMILES string of the molecule is Cc1ccc(CNc2ncnc(Nc3ncccc3C)c2N)cc1. The predicted octanol–water partition coefficient (Wildman–Crippen LogP) is 3.43. The fourth-order valence-corrected chi connectivity index (χ4v) is 2.26. The minimum atomic E-state index is 0.467. The van der Waals surface area contributed by atoms with E-state index in [0.29, 0.717) is 23.9 Å². The van der Waals surface area contributed by atoms with Crippen LogP contribution in [0.1, 0.15) is 16.7 Å². The minimum absolute atomic E-state index is 0.467. The van der Waals surface area contributed by atoms with Crippen molar-refractivity contribution in [2.24, 2.45) is 0 Å². The highest BCUT2D eigenvalue weighted by molar-refractivity contribution is 5.77. The first kappa shape index (κ1) is 15.7. The van der Waals surface area contributed by atoms with Gasteiger partial charge in [0.1, 0.15) is 17.8 Å². The van der Waals surface area contributed by atoms with E-state index in [2.05, 4.69) is 56.8 Å².